The van der Waals surface area contributed by atoms with Crippen molar-refractivity contribution in [3.8, 4) is 0 Å². The molecule has 2 fully saturated rings. The van der Waals surface area contributed by atoms with Crippen LogP contribution in [-0.2, 0) is 4.79 Å². The predicted octanol–water partition coefficient (Wildman–Crippen LogP) is 1.78. The molecule has 0 saturated carbocycles. The Hall–Kier alpha value is -1.77. The van der Waals surface area contributed by atoms with E-state index >= 15 is 0 Å². The molecular formula is C19H25N3O4S. The first kappa shape index (κ1) is 18.6. The molecule has 7 nitrogen and oxygen atoms in total. The van der Waals surface area contributed by atoms with E-state index in [0.29, 0.717) is 17.5 Å². The first-order valence-electron chi connectivity index (χ1n) is 9.36. The van der Waals surface area contributed by atoms with Crippen molar-refractivity contribution >= 4 is 23.8 Å². The summed E-state index contributed by atoms with van der Waals surface area (Å²) < 4.78 is 5.07. The Morgan fingerprint density at radius 2 is 2.37 bits per heavy atom. The third kappa shape index (κ3) is 3.41. The zero-order valence-corrected chi connectivity index (χ0v) is 16.2. The van der Waals surface area contributed by atoms with Crippen molar-refractivity contribution in [2.75, 3.05) is 13.1 Å². The maximum atomic E-state index is 11.9. The Balaban J connectivity index is 1.43. The quantitative estimate of drug-likeness (QED) is 0.675. The molecule has 27 heavy (non-hydrogen) atoms. The lowest BCUT2D eigenvalue weighted by molar-refractivity contribution is -0.137. The number of rotatable bonds is 6. The highest BCUT2D eigenvalue weighted by atomic mass is 32.2. The summed E-state index contributed by atoms with van der Waals surface area (Å²) in [4.78, 5) is 14.8. The fourth-order valence-electron chi connectivity index (χ4n) is 4.44. The summed E-state index contributed by atoms with van der Waals surface area (Å²) >= 11 is 1.69. The summed E-state index contributed by atoms with van der Waals surface area (Å²) in [7, 11) is 0. The van der Waals surface area contributed by atoms with Gasteiger partial charge in [-0.2, -0.15) is 0 Å². The van der Waals surface area contributed by atoms with Crippen molar-refractivity contribution in [2.45, 2.75) is 43.7 Å². The van der Waals surface area contributed by atoms with Gasteiger partial charge in [-0.25, -0.2) is 4.79 Å². The molecule has 0 unspecified atom stereocenters. The van der Waals surface area contributed by atoms with E-state index in [2.05, 4.69) is 23.5 Å². The van der Waals surface area contributed by atoms with E-state index < -0.39 is 12.1 Å². The maximum absolute atomic E-state index is 11.9. The van der Waals surface area contributed by atoms with Crippen LogP contribution < -0.4 is 5.32 Å². The monoisotopic (exact) mass is 391 g/mol. The summed E-state index contributed by atoms with van der Waals surface area (Å²) in [5.74, 6) is 0.148. The Morgan fingerprint density at radius 1 is 1.56 bits per heavy atom. The van der Waals surface area contributed by atoms with E-state index in [9.17, 15) is 15.0 Å². The SMILES string of the molecule is C[C@@H](O)[C@H]1CN2C(C(=O)O)=C(S[C@@H]3CN[C@H](/C=C/c4ccno4)C3)[C@H](C)[C@H]12. The number of aliphatic hydroxyl groups is 1. The van der Waals surface area contributed by atoms with E-state index in [4.69, 9.17) is 4.52 Å². The van der Waals surface area contributed by atoms with E-state index in [1.54, 1.807) is 24.9 Å². The van der Waals surface area contributed by atoms with Crippen LogP contribution in [0.1, 0.15) is 26.0 Å². The zero-order valence-electron chi connectivity index (χ0n) is 15.4. The number of aromatic nitrogens is 1. The third-order valence-corrected chi connectivity index (χ3v) is 7.35. The number of hydrogen-bond donors (Lipinski definition) is 3. The molecule has 0 aromatic carbocycles. The molecule has 0 aliphatic carbocycles. The van der Waals surface area contributed by atoms with Crippen molar-refractivity contribution in [3.63, 3.8) is 0 Å². The molecule has 2 saturated heterocycles. The van der Waals surface area contributed by atoms with Crippen LogP contribution in [0.4, 0.5) is 0 Å². The number of carboxylic acids is 1. The highest BCUT2D eigenvalue weighted by Gasteiger charge is 2.54. The highest BCUT2D eigenvalue weighted by molar-refractivity contribution is 8.03. The van der Waals surface area contributed by atoms with Crippen LogP contribution in [0.15, 0.2) is 33.5 Å². The van der Waals surface area contributed by atoms with Crippen molar-refractivity contribution in [1.29, 1.82) is 0 Å². The lowest BCUT2D eigenvalue weighted by Gasteiger charge is -2.49. The summed E-state index contributed by atoms with van der Waals surface area (Å²) in [5, 5.41) is 27.2. The lowest BCUT2D eigenvalue weighted by atomic mass is 9.80. The number of thioether (sulfide) groups is 1. The maximum Gasteiger partial charge on any atom is 0.353 e. The molecule has 1 aromatic heterocycles. The van der Waals surface area contributed by atoms with Gasteiger partial charge in [-0.05, 0) is 19.4 Å². The topological polar surface area (TPSA) is 98.8 Å². The van der Waals surface area contributed by atoms with Crippen molar-refractivity contribution in [2.24, 2.45) is 11.8 Å². The molecule has 3 aliphatic rings. The second-order valence-corrected chi connectivity index (χ2v) is 8.96. The van der Waals surface area contributed by atoms with Crippen molar-refractivity contribution < 1.29 is 19.5 Å². The first-order chi connectivity index (χ1) is 13.0. The lowest BCUT2D eigenvalue weighted by Crippen LogP contribution is -2.59. The molecule has 1 aromatic rings. The molecule has 8 heteroatoms. The summed E-state index contributed by atoms with van der Waals surface area (Å²) in [5.41, 5.74) is 0.440. The van der Waals surface area contributed by atoms with Crippen molar-refractivity contribution in [3.05, 3.63) is 34.7 Å². The summed E-state index contributed by atoms with van der Waals surface area (Å²) in [6.45, 7) is 5.36. The molecule has 4 rings (SSSR count). The van der Waals surface area contributed by atoms with E-state index in [-0.39, 0.29) is 23.9 Å². The van der Waals surface area contributed by atoms with Crippen LogP contribution in [0, 0.1) is 11.8 Å². The fraction of sp³-hybridized carbons (Fsp3) is 0.579. The second-order valence-electron chi connectivity index (χ2n) is 7.62. The Labute approximate surface area is 162 Å². The number of nitrogens with zero attached hydrogens (tertiary/aromatic N) is 2. The molecule has 0 bridgehead atoms. The van der Waals surface area contributed by atoms with Gasteiger partial charge in [0.05, 0.1) is 12.3 Å². The fourth-order valence-corrected chi connectivity index (χ4v) is 5.96. The van der Waals surface area contributed by atoms with Crippen LogP contribution in [0.25, 0.3) is 6.08 Å². The van der Waals surface area contributed by atoms with Crippen LogP contribution >= 0.6 is 11.8 Å². The molecule has 146 valence electrons. The van der Waals surface area contributed by atoms with E-state index in [0.717, 1.165) is 23.6 Å². The van der Waals surface area contributed by atoms with Gasteiger partial charge >= 0.3 is 5.97 Å². The summed E-state index contributed by atoms with van der Waals surface area (Å²) in [6.07, 6.45) is 6.13. The minimum absolute atomic E-state index is 0.107. The molecule has 3 aliphatic heterocycles. The number of hydrogen-bond acceptors (Lipinski definition) is 7. The van der Waals surface area contributed by atoms with Gasteiger partial charge in [0.15, 0.2) is 5.76 Å². The average Bonchev–Trinajstić information content (AvgIpc) is 3.28. The van der Waals surface area contributed by atoms with Crippen LogP contribution in [0.2, 0.25) is 0 Å². The van der Waals surface area contributed by atoms with E-state index in [1.807, 2.05) is 17.0 Å². The molecule has 0 amide bonds. The summed E-state index contributed by atoms with van der Waals surface area (Å²) in [6, 6.07) is 2.15. The van der Waals surface area contributed by atoms with Gasteiger partial charge in [0.1, 0.15) is 5.70 Å². The number of carboxylic acid groups (broad SMARTS) is 1. The molecule has 0 spiro atoms. The van der Waals surface area contributed by atoms with Crippen LogP contribution in [0.3, 0.4) is 0 Å². The first-order valence-corrected chi connectivity index (χ1v) is 10.2. The van der Waals surface area contributed by atoms with Gasteiger partial charge in [-0.1, -0.05) is 18.2 Å². The van der Waals surface area contributed by atoms with Crippen LogP contribution in [0.5, 0.6) is 0 Å². The normalized spacial score (nSPS) is 34.2. The van der Waals surface area contributed by atoms with Crippen LogP contribution in [-0.4, -0.2) is 62.8 Å². The third-order valence-electron chi connectivity index (χ3n) is 5.84. The van der Waals surface area contributed by atoms with E-state index in [1.165, 1.54) is 0 Å². The Bertz CT molecular complexity index is 761. The zero-order chi connectivity index (χ0) is 19.1. The second kappa shape index (κ2) is 7.33. The number of carbonyl (C=O) groups is 1. The molecule has 6 atom stereocenters. The molecular weight excluding hydrogens is 366 g/mol. The number of fused-ring (bicyclic) bond motifs is 1. The minimum atomic E-state index is -0.858. The largest absolute Gasteiger partial charge is 0.477 e. The number of aliphatic carboxylic acids is 1. The Kier molecular flexibility index (Phi) is 5.05. The molecule has 4 heterocycles. The predicted molar refractivity (Wildman–Crippen MR) is 103 cm³/mol. The highest BCUT2D eigenvalue weighted by Crippen LogP contribution is 2.51. The molecule has 0 radical (unpaired) electrons. The van der Waals surface area contributed by atoms with Gasteiger partial charge in [0, 0.05) is 53.2 Å². The Morgan fingerprint density at radius 3 is 3.04 bits per heavy atom. The standard InChI is InChI=1S/C19H25N3O4S/c1-10-16-15(11(2)23)9-22(16)17(19(24)25)18(10)27-14-7-12(20-8-14)3-4-13-5-6-21-26-13/h3-6,10-12,14-16,20,23H,7-9H2,1-2H3,(H,24,25)/b4-3+/t10-,11-,12-,14+,15-,16-/m1/s1. The van der Waals surface area contributed by atoms with Gasteiger partial charge in [0.25, 0.3) is 0 Å². The number of nitrogens with one attached hydrogen (secondary N) is 1. The minimum Gasteiger partial charge on any atom is -0.477 e. The van der Waals surface area contributed by atoms with Crippen molar-refractivity contribution in [1.82, 2.24) is 15.4 Å². The van der Waals surface area contributed by atoms with Gasteiger partial charge in [-0.3, -0.25) is 0 Å². The molecule has 3 N–H and O–H groups in total. The van der Waals surface area contributed by atoms with Gasteiger partial charge in [-0.15, -0.1) is 11.8 Å². The van der Waals surface area contributed by atoms with Gasteiger partial charge in [0.2, 0.25) is 0 Å². The number of aliphatic hydroxyl groups excluding tert-OH is 1. The smallest absolute Gasteiger partial charge is 0.353 e. The van der Waals surface area contributed by atoms with Gasteiger partial charge < -0.3 is 25.0 Å². The average molecular weight is 391 g/mol.